The molecule has 0 saturated heterocycles. The van der Waals surface area contributed by atoms with Gasteiger partial charge in [-0.2, -0.15) is 4.68 Å². The Balaban J connectivity index is 1.55. The van der Waals surface area contributed by atoms with Crippen LogP contribution in [0.1, 0.15) is 12.0 Å². The van der Waals surface area contributed by atoms with Crippen LogP contribution in [-0.4, -0.2) is 15.7 Å². The van der Waals surface area contributed by atoms with E-state index in [0.717, 1.165) is 15.1 Å². The lowest BCUT2D eigenvalue weighted by Crippen LogP contribution is -2.26. The number of thiophene rings is 1. The van der Waals surface area contributed by atoms with Crippen molar-refractivity contribution >= 4 is 28.8 Å². The number of carbonyl (C=O) groups is 1. The van der Waals surface area contributed by atoms with E-state index in [1.807, 2.05) is 35.7 Å². The highest BCUT2D eigenvalue weighted by Crippen LogP contribution is 2.21. The summed E-state index contributed by atoms with van der Waals surface area (Å²) in [7, 11) is 0. The minimum atomic E-state index is -0.572. The highest BCUT2D eigenvalue weighted by molar-refractivity contribution is 7.13. The van der Waals surface area contributed by atoms with E-state index >= 15 is 0 Å². The molecule has 3 aromatic rings. The van der Waals surface area contributed by atoms with Crippen molar-refractivity contribution in [1.82, 2.24) is 15.1 Å². The Bertz CT molecular complexity index is 886. The third-order valence-corrected chi connectivity index (χ3v) is 4.55. The van der Waals surface area contributed by atoms with Crippen LogP contribution in [0, 0.1) is 0 Å². The number of amides is 1. The van der Waals surface area contributed by atoms with Crippen LogP contribution in [0.3, 0.4) is 0 Å². The quantitative estimate of drug-likeness (QED) is 0.730. The molecule has 0 aliphatic heterocycles. The Kier molecular flexibility index (Phi) is 5.12. The zero-order valence-corrected chi connectivity index (χ0v) is 14.1. The number of benzene rings is 1. The maximum absolute atomic E-state index is 11.9. The molecule has 1 aromatic carbocycles. The van der Waals surface area contributed by atoms with Crippen LogP contribution in [0.2, 0.25) is 5.02 Å². The fourth-order valence-electron chi connectivity index (χ4n) is 2.08. The summed E-state index contributed by atoms with van der Waals surface area (Å²) in [6, 6.07) is 11.0. The number of halogens is 1. The Morgan fingerprint density at radius 2 is 2.12 bits per heavy atom. The van der Waals surface area contributed by atoms with Gasteiger partial charge in [-0.25, -0.2) is 4.79 Å². The molecular weight excluding hydrogens is 350 g/mol. The molecular formula is C16H14ClN3O3S. The fourth-order valence-corrected chi connectivity index (χ4v) is 2.93. The number of nitrogens with one attached hydrogen (secondary N) is 1. The van der Waals surface area contributed by atoms with E-state index in [1.165, 1.54) is 11.3 Å². The smallest absolute Gasteiger partial charge is 0.387 e. The van der Waals surface area contributed by atoms with Crippen molar-refractivity contribution in [3.63, 3.8) is 0 Å². The number of nitrogens with zero attached hydrogens (tertiary/aromatic N) is 2. The summed E-state index contributed by atoms with van der Waals surface area (Å²) < 4.78 is 6.25. The monoisotopic (exact) mass is 363 g/mol. The maximum atomic E-state index is 11.9. The molecule has 0 atom stereocenters. The maximum Gasteiger partial charge on any atom is 0.437 e. The standard InChI is InChI=1S/C16H14ClN3O3S/c17-12-5-2-1-4-11(12)10-18-14(21)7-8-20-16(22)23-15(19-20)13-6-3-9-24-13/h1-6,9H,7-8,10H2,(H,18,21). The van der Waals surface area contributed by atoms with E-state index in [-0.39, 0.29) is 24.8 Å². The van der Waals surface area contributed by atoms with Crippen LogP contribution < -0.4 is 11.1 Å². The van der Waals surface area contributed by atoms with E-state index < -0.39 is 5.76 Å². The second kappa shape index (κ2) is 7.46. The molecule has 124 valence electrons. The summed E-state index contributed by atoms with van der Waals surface area (Å²) in [5, 5.41) is 9.35. The minimum Gasteiger partial charge on any atom is -0.387 e. The molecule has 0 bridgehead atoms. The van der Waals surface area contributed by atoms with Crippen LogP contribution in [0.5, 0.6) is 0 Å². The zero-order chi connectivity index (χ0) is 16.9. The van der Waals surface area contributed by atoms with Gasteiger partial charge in [-0.05, 0) is 23.1 Å². The van der Waals surface area contributed by atoms with E-state index in [0.29, 0.717) is 11.6 Å². The summed E-state index contributed by atoms with van der Waals surface area (Å²) in [6.07, 6.45) is 0.126. The molecule has 0 unspecified atom stereocenters. The number of hydrogen-bond donors (Lipinski definition) is 1. The molecule has 0 spiro atoms. The molecule has 24 heavy (non-hydrogen) atoms. The highest BCUT2D eigenvalue weighted by Gasteiger charge is 2.12. The average molecular weight is 364 g/mol. The van der Waals surface area contributed by atoms with Gasteiger partial charge in [0.15, 0.2) is 0 Å². The van der Waals surface area contributed by atoms with Crippen molar-refractivity contribution < 1.29 is 9.21 Å². The van der Waals surface area contributed by atoms with Crippen LogP contribution >= 0.6 is 22.9 Å². The van der Waals surface area contributed by atoms with Crippen molar-refractivity contribution in [1.29, 1.82) is 0 Å². The van der Waals surface area contributed by atoms with E-state index in [4.69, 9.17) is 16.0 Å². The molecule has 0 radical (unpaired) electrons. The topological polar surface area (TPSA) is 77.1 Å². The second-order valence-electron chi connectivity index (χ2n) is 4.99. The van der Waals surface area contributed by atoms with Gasteiger partial charge in [0, 0.05) is 18.0 Å². The molecule has 0 aliphatic carbocycles. The Morgan fingerprint density at radius 3 is 2.88 bits per heavy atom. The number of carbonyl (C=O) groups excluding carboxylic acids is 1. The lowest BCUT2D eigenvalue weighted by molar-refractivity contribution is -0.121. The number of hydrogen-bond acceptors (Lipinski definition) is 5. The van der Waals surface area contributed by atoms with Gasteiger partial charge in [0.05, 0.1) is 11.4 Å². The average Bonchev–Trinajstić information content (AvgIpc) is 3.22. The van der Waals surface area contributed by atoms with E-state index in [1.54, 1.807) is 6.07 Å². The van der Waals surface area contributed by atoms with E-state index in [9.17, 15) is 9.59 Å². The van der Waals surface area contributed by atoms with Gasteiger partial charge in [-0.15, -0.1) is 16.4 Å². The molecule has 2 heterocycles. The number of rotatable bonds is 6. The molecule has 3 rings (SSSR count). The Morgan fingerprint density at radius 1 is 1.29 bits per heavy atom. The molecule has 1 N–H and O–H groups in total. The van der Waals surface area contributed by atoms with Gasteiger partial charge in [0.25, 0.3) is 5.89 Å². The van der Waals surface area contributed by atoms with E-state index in [2.05, 4.69) is 10.4 Å². The minimum absolute atomic E-state index is 0.126. The summed E-state index contributed by atoms with van der Waals surface area (Å²) >= 11 is 7.46. The van der Waals surface area contributed by atoms with Gasteiger partial charge in [-0.3, -0.25) is 4.79 Å². The van der Waals surface area contributed by atoms with Crippen LogP contribution in [-0.2, 0) is 17.9 Å². The molecule has 0 fully saturated rings. The van der Waals surface area contributed by atoms with Crippen LogP contribution in [0.25, 0.3) is 10.8 Å². The molecule has 6 nitrogen and oxygen atoms in total. The van der Waals surface area contributed by atoms with Gasteiger partial charge >= 0.3 is 5.76 Å². The Labute approximate surface area is 146 Å². The third-order valence-electron chi connectivity index (χ3n) is 3.32. The predicted molar refractivity (Wildman–Crippen MR) is 92.0 cm³/mol. The largest absolute Gasteiger partial charge is 0.437 e. The van der Waals surface area contributed by atoms with Crippen molar-refractivity contribution in [3.05, 3.63) is 62.9 Å². The van der Waals surface area contributed by atoms with Crippen LogP contribution in [0.15, 0.2) is 51.0 Å². The zero-order valence-electron chi connectivity index (χ0n) is 12.6. The SMILES string of the molecule is O=C(CCn1nc(-c2cccs2)oc1=O)NCc1ccccc1Cl. The summed E-state index contributed by atoms with van der Waals surface area (Å²) in [5.74, 6) is -0.494. The van der Waals surface area contributed by atoms with Gasteiger partial charge in [0.1, 0.15) is 0 Å². The van der Waals surface area contributed by atoms with Gasteiger partial charge in [-0.1, -0.05) is 35.9 Å². The molecule has 2 aromatic heterocycles. The predicted octanol–water partition coefficient (Wildman–Crippen LogP) is 2.92. The fraction of sp³-hybridized carbons (Fsp3) is 0.188. The number of aromatic nitrogens is 2. The molecule has 0 aliphatic rings. The summed E-state index contributed by atoms with van der Waals surface area (Å²) in [6.45, 7) is 0.495. The number of aryl methyl sites for hydroxylation is 1. The second-order valence-corrected chi connectivity index (χ2v) is 6.35. The first kappa shape index (κ1) is 16.5. The lowest BCUT2D eigenvalue weighted by atomic mass is 10.2. The van der Waals surface area contributed by atoms with Gasteiger partial charge in [0.2, 0.25) is 5.91 Å². The van der Waals surface area contributed by atoms with Crippen molar-refractivity contribution in [2.75, 3.05) is 0 Å². The first-order chi connectivity index (χ1) is 11.6. The van der Waals surface area contributed by atoms with Crippen molar-refractivity contribution in [2.45, 2.75) is 19.5 Å². The molecule has 1 amide bonds. The normalized spacial score (nSPS) is 10.7. The first-order valence-electron chi connectivity index (χ1n) is 7.25. The van der Waals surface area contributed by atoms with Crippen molar-refractivity contribution in [2.24, 2.45) is 0 Å². The summed E-state index contributed by atoms with van der Waals surface area (Å²) in [4.78, 5) is 24.5. The summed E-state index contributed by atoms with van der Waals surface area (Å²) in [5.41, 5.74) is 0.839. The van der Waals surface area contributed by atoms with Crippen molar-refractivity contribution in [3.8, 4) is 10.8 Å². The van der Waals surface area contributed by atoms with Gasteiger partial charge < -0.3 is 9.73 Å². The third kappa shape index (κ3) is 3.93. The van der Waals surface area contributed by atoms with Crippen LogP contribution in [0.4, 0.5) is 0 Å². The Hall–Kier alpha value is -2.38. The lowest BCUT2D eigenvalue weighted by Gasteiger charge is -2.06. The highest BCUT2D eigenvalue weighted by atomic mass is 35.5. The first-order valence-corrected chi connectivity index (χ1v) is 8.51. The molecule has 8 heteroatoms. The molecule has 0 saturated carbocycles.